The topological polar surface area (TPSA) is 59.9 Å². The maximum Gasteiger partial charge on any atom is 0.206 e. The molecule has 0 aromatic carbocycles. The van der Waals surface area contributed by atoms with Crippen molar-refractivity contribution in [1.29, 1.82) is 0 Å². The normalized spacial score (nSPS) is 10.7. The second-order valence-corrected chi connectivity index (χ2v) is 5.15. The standard InChI is InChI=1S/C10H14N4OS2/c1-3-7-8(16-6-12-7)9-13-14-10(17-9)11-4-5-15-2/h6H,3-5H2,1-2H3,(H,11,14). The van der Waals surface area contributed by atoms with Crippen molar-refractivity contribution < 1.29 is 4.74 Å². The zero-order chi connectivity index (χ0) is 12.1. The van der Waals surface area contributed by atoms with Gasteiger partial charge in [-0.2, -0.15) is 0 Å². The molecule has 0 unspecified atom stereocenters. The molecular formula is C10H14N4OS2. The molecule has 1 N–H and O–H groups in total. The van der Waals surface area contributed by atoms with Crippen LogP contribution in [0.15, 0.2) is 5.51 Å². The third-order valence-corrected chi connectivity index (χ3v) is 4.08. The molecule has 0 bridgehead atoms. The maximum absolute atomic E-state index is 4.97. The van der Waals surface area contributed by atoms with Gasteiger partial charge in [-0.25, -0.2) is 4.98 Å². The monoisotopic (exact) mass is 270 g/mol. The van der Waals surface area contributed by atoms with Crippen LogP contribution in [-0.2, 0) is 11.2 Å². The number of anilines is 1. The highest BCUT2D eigenvalue weighted by atomic mass is 32.1. The molecule has 2 aromatic heterocycles. The van der Waals surface area contributed by atoms with Crippen LogP contribution in [0.5, 0.6) is 0 Å². The molecule has 0 fully saturated rings. The first-order valence-corrected chi connectivity index (χ1v) is 7.03. The van der Waals surface area contributed by atoms with Crippen LogP contribution in [-0.4, -0.2) is 35.4 Å². The van der Waals surface area contributed by atoms with Crippen LogP contribution >= 0.6 is 22.7 Å². The molecule has 0 saturated heterocycles. The molecule has 0 aliphatic rings. The average molecular weight is 270 g/mol. The molecule has 17 heavy (non-hydrogen) atoms. The van der Waals surface area contributed by atoms with Gasteiger partial charge in [0.1, 0.15) is 0 Å². The molecule has 5 nitrogen and oxygen atoms in total. The fraction of sp³-hybridized carbons (Fsp3) is 0.500. The van der Waals surface area contributed by atoms with E-state index in [1.807, 2.05) is 5.51 Å². The summed E-state index contributed by atoms with van der Waals surface area (Å²) in [6.45, 7) is 3.50. The molecule has 0 saturated carbocycles. The summed E-state index contributed by atoms with van der Waals surface area (Å²) in [6.07, 6.45) is 0.921. The van der Waals surface area contributed by atoms with Crippen molar-refractivity contribution in [1.82, 2.24) is 15.2 Å². The Hall–Kier alpha value is -1.05. The summed E-state index contributed by atoms with van der Waals surface area (Å²) in [5, 5.41) is 13.2. The van der Waals surface area contributed by atoms with Crippen molar-refractivity contribution in [2.75, 3.05) is 25.6 Å². The molecule has 92 valence electrons. The van der Waals surface area contributed by atoms with Gasteiger partial charge in [-0.15, -0.1) is 21.5 Å². The average Bonchev–Trinajstić information content (AvgIpc) is 2.96. The lowest BCUT2D eigenvalue weighted by atomic mass is 10.3. The van der Waals surface area contributed by atoms with Gasteiger partial charge in [-0.05, 0) is 6.42 Å². The van der Waals surface area contributed by atoms with Crippen molar-refractivity contribution in [2.45, 2.75) is 13.3 Å². The van der Waals surface area contributed by atoms with E-state index in [0.717, 1.165) is 33.7 Å². The Morgan fingerprint density at radius 3 is 3.06 bits per heavy atom. The van der Waals surface area contributed by atoms with Gasteiger partial charge in [0.2, 0.25) is 5.13 Å². The number of ether oxygens (including phenoxy) is 1. The summed E-state index contributed by atoms with van der Waals surface area (Å²) in [5.41, 5.74) is 2.95. The third kappa shape index (κ3) is 2.99. The SMILES string of the molecule is CCc1ncsc1-c1nnc(NCCOC)s1. The van der Waals surface area contributed by atoms with Crippen molar-refractivity contribution in [2.24, 2.45) is 0 Å². The van der Waals surface area contributed by atoms with Crippen LogP contribution in [0.4, 0.5) is 5.13 Å². The van der Waals surface area contributed by atoms with Gasteiger partial charge in [0.05, 0.1) is 22.7 Å². The highest BCUT2D eigenvalue weighted by Crippen LogP contribution is 2.32. The van der Waals surface area contributed by atoms with Gasteiger partial charge in [0.15, 0.2) is 5.01 Å². The molecule has 7 heteroatoms. The number of thiazole rings is 1. The van der Waals surface area contributed by atoms with Crippen molar-refractivity contribution in [3.8, 4) is 9.88 Å². The predicted octanol–water partition coefficient (Wildman–Crippen LogP) is 2.28. The van der Waals surface area contributed by atoms with Gasteiger partial charge in [-0.1, -0.05) is 18.3 Å². The number of rotatable bonds is 6. The lowest BCUT2D eigenvalue weighted by Crippen LogP contribution is -2.06. The molecule has 0 aliphatic carbocycles. The quantitative estimate of drug-likeness (QED) is 0.816. The molecule has 0 amide bonds. The minimum atomic E-state index is 0.662. The number of hydrogen-bond donors (Lipinski definition) is 1. The highest BCUT2D eigenvalue weighted by molar-refractivity contribution is 7.22. The number of aryl methyl sites for hydroxylation is 1. The van der Waals surface area contributed by atoms with Gasteiger partial charge in [0.25, 0.3) is 0 Å². The fourth-order valence-electron chi connectivity index (χ4n) is 1.34. The van der Waals surface area contributed by atoms with Crippen LogP contribution in [0.25, 0.3) is 9.88 Å². The number of nitrogens with one attached hydrogen (secondary N) is 1. The molecular weight excluding hydrogens is 256 g/mol. The number of methoxy groups -OCH3 is 1. The van der Waals surface area contributed by atoms with E-state index in [1.54, 1.807) is 29.8 Å². The Morgan fingerprint density at radius 1 is 1.41 bits per heavy atom. The van der Waals surface area contributed by atoms with Gasteiger partial charge in [0, 0.05) is 13.7 Å². The Bertz CT molecular complexity index is 468. The smallest absolute Gasteiger partial charge is 0.206 e. The number of nitrogens with zero attached hydrogens (tertiary/aromatic N) is 3. The summed E-state index contributed by atoms with van der Waals surface area (Å²) >= 11 is 3.17. The minimum absolute atomic E-state index is 0.662. The largest absolute Gasteiger partial charge is 0.383 e. The van der Waals surface area contributed by atoms with E-state index in [4.69, 9.17) is 4.74 Å². The molecule has 0 atom stereocenters. The second kappa shape index (κ2) is 6.04. The van der Waals surface area contributed by atoms with Gasteiger partial charge >= 0.3 is 0 Å². The van der Waals surface area contributed by atoms with Crippen molar-refractivity contribution >= 4 is 27.8 Å². The summed E-state index contributed by atoms with van der Waals surface area (Å²) < 4.78 is 4.97. The first kappa shape index (κ1) is 12.4. The second-order valence-electron chi connectivity index (χ2n) is 3.31. The van der Waals surface area contributed by atoms with E-state index in [-0.39, 0.29) is 0 Å². The molecule has 0 spiro atoms. The zero-order valence-electron chi connectivity index (χ0n) is 9.77. The first-order chi connectivity index (χ1) is 8.35. The Labute approximate surface area is 108 Å². The highest BCUT2D eigenvalue weighted by Gasteiger charge is 2.12. The fourth-order valence-corrected chi connectivity index (χ4v) is 3.10. The summed E-state index contributed by atoms with van der Waals surface area (Å²) in [7, 11) is 1.68. The van der Waals surface area contributed by atoms with Crippen LogP contribution in [0, 0.1) is 0 Å². The van der Waals surface area contributed by atoms with E-state index < -0.39 is 0 Å². The van der Waals surface area contributed by atoms with E-state index in [9.17, 15) is 0 Å². The summed E-state index contributed by atoms with van der Waals surface area (Å²) in [6, 6.07) is 0. The maximum atomic E-state index is 4.97. The number of aromatic nitrogens is 3. The van der Waals surface area contributed by atoms with E-state index in [1.165, 1.54) is 0 Å². The molecule has 0 radical (unpaired) electrons. The molecule has 0 aliphatic heterocycles. The Kier molecular flexibility index (Phi) is 4.41. The first-order valence-electron chi connectivity index (χ1n) is 5.34. The van der Waals surface area contributed by atoms with Crippen LogP contribution in [0.1, 0.15) is 12.6 Å². The van der Waals surface area contributed by atoms with Crippen molar-refractivity contribution in [3.63, 3.8) is 0 Å². The van der Waals surface area contributed by atoms with E-state index >= 15 is 0 Å². The van der Waals surface area contributed by atoms with Crippen LogP contribution < -0.4 is 5.32 Å². The third-order valence-electron chi connectivity index (χ3n) is 2.18. The lowest BCUT2D eigenvalue weighted by molar-refractivity contribution is 0.211. The molecule has 2 aromatic rings. The molecule has 2 rings (SSSR count). The van der Waals surface area contributed by atoms with E-state index in [0.29, 0.717) is 6.61 Å². The predicted molar refractivity (Wildman–Crippen MR) is 70.8 cm³/mol. The zero-order valence-corrected chi connectivity index (χ0v) is 11.4. The van der Waals surface area contributed by atoms with Crippen LogP contribution in [0.3, 0.4) is 0 Å². The van der Waals surface area contributed by atoms with Crippen molar-refractivity contribution in [3.05, 3.63) is 11.2 Å². The van der Waals surface area contributed by atoms with E-state index in [2.05, 4.69) is 27.4 Å². The van der Waals surface area contributed by atoms with Crippen LogP contribution in [0.2, 0.25) is 0 Å². The number of hydrogen-bond acceptors (Lipinski definition) is 7. The lowest BCUT2D eigenvalue weighted by Gasteiger charge is -1.98. The summed E-state index contributed by atoms with van der Waals surface area (Å²) in [4.78, 5) is 5.44. The van der Waals surface area contributed by atoms with Gasteiger partial charge < -0.3 is 10.1 Å². The summed E-state index contributed by atoms with van der Waals surface area (Å²) in [5.74, 6) is 0. The Morgan fingerprint density at radius 2 is 2.29 bits per heavy atom. The Balaban J connectivity index is 2.07. The minimum Gasteiger partial charge on any atom is -0.383 e. The van der Waals surface area contributed by atoms with Gasteiger partial charge in [-0.3, -0.25) is 0 Å². The molecule has 2 heterocycles.